The Morgan fingerprint density at radius 3 is 2.52 bits per heavy atom. The van der Waals surface area contributed by atoms with E-state index in [4.69, 9.17) is 4.74 Å². The van der Waals surface area contributed by atoms with Crippen molar-refractivity contribution in [2.24, 2.45) is 0 Å². The molecule has 5 nitrogen and oxygen atoms in total. The maximum absolute atomic E-state index is 5.68. The van der Waals surface area contributed by atoms with E-state index in [9.17, 15) is 0 Å². The number of hydrogen-bond donors (Lipinski definition) is 1. The predicted octanol–water partition coefficient (Wildman–Crippen LogP) is 2.83. The first kappa shape index (κ1) is 15.3. The summed E-state index contributed by atoms with van der Waals surface area (Å²) in [4.78, 5) is 10.5. The lowest BCUT2D eigenvalue weighted by Gasteiger charge is -2.13. The van der Waals surface area contributed by atoms with Crippen molar-refractivity contribution in [1.29, 1.82) is 0 Å². The highest BCUT2D eigenvalue weighted by Gasteiger charge is 2.03. The van der Waals surface area contributed by atoms with Crippen molar-refractivity contribution in [1.82, 2.24) is 15.3 Å². The average Bonchev–Trinajstić information content (AvgIpc) is 2.47. The van der Waals surface area contributed by atoms with Crippen molar-refractivity contribution in [2.75, 3.05) is 19.0 Å². The third kappa shape index (κ3) is 4.72. The third-order valence-corrected chi connectivity index (χ3v) is 2.94. The molecule has 21 heavy (non-hydrogen) atoms. The molecule has 0 spiro atoms. The van der Waals surface area contributed by atoms with Crippen LogP contribution in [0.5, 0.6) is 11.8 Å². The van der Waals surface area contributed by atoms with Gasteiger partial charge in [-0.25, -0.2) is 9.97 Å². The van der Waals surface area contributed by atoms with Crippen LogP contribution in [0.25, 0.3) is 0 Å². The molecule has 0 unspecified atom stereocenters. The number of ether oxygens (including phenoxy) is 1. The SMILES string of the molecule is CC(C)NCc1cnc(Oc2cccc(N(C)C)c2)nc1. The van der Waals surface area contributed by atoms with E-state index in [0.717, 1.165) is 23.5 Å². The summed E-state index contributed by atoms with van der Waals surface area (Å²) >= 11 is 0. The normalized spacial score (nSPS) is 10.7. The van der Waals surface area contributed by atoms with Crippen LogP contribution in [0, 0.1) is 0 Å². The highest BCUT2D eigenvalue weighted by Crippen LogP contribution is 2.22. The first-order valence-corrected chi connectivity index (χ1v) is 7.04. The van der Waals surface area contributed by atoms with Gasteiger partial charge in [-0.05, 0) is 12.1 Å². The van der Waals surface area contributed by atoms with Crippen LogP contribution in [0.2, 0.25) is 0 Å². The van der Waals surface area contributed by atoms with Crippen LogP contribution < -0.4 is 15.0 Å². The van der Waals surface area contributed by atoms with Crippen molar-refractivity contribution < 1.29 is 4.74 Å². The van der Waals surface area contributed by atoms with E-state index in [-0.39, 0.29) is 0 Å². The molecule has 0 bridgehead atoms. The van der Waals surface area contributed by atoms with Crippen LogP contribution in [0.3, 0.4) is 0 Å². The van der Waals surface area contributed by atoms with Gasteiger partial charge < -0.3 is 15.0 Å². The van der Waals surface area contributed by atoms with Crippen molar-refractivity contribution >= 4 is 5.69 Å². The largest absolute Gasteiger partial charge is 0.424 e. The zero-order valence-corrected chi connectivity index (χ0v) is 13.0. The summed E-state index contributed by atoms with van der Waals surface area (Å²) in [6.45, 7) is 4.97. The minimum absolute atomic E-state index is 0.360. The van der Waals surface area contributed by atoms with E-state index in [1.807, 2.05) is 43.3 Å². The van der Waals surface area contributed by atoms with Crippen LogP contribution in [0.15, 0.2) is 36.7 Å². The van der Waals surface area contributed by atoms with Gasteiger partial charge in [0.15, 0.2) is 0 Å². The summed E-state index contributed by atoms with van der Waals surface area (Å²) in [6, 6.07) is 8.62. The highest BCUT2D eigenvalue weighted by atomic mass is 16.5. The highest BCUT2D eigenvalue weighted by molar-refractivity contribution is 5.49. The fourth-order valence-electron chi connectivity index (χ4n) is 1.74. The molecule has 0 aliphatic carbocycles. The topological polar surface area (TPSA) is 50.3 Å². The number of nitrogens with zero attached hydrogens (tertiary/aromatic N) is 3. The number of rotatable bonds is 6. The molecule has 2 rings (SSSR count). The second-order valence-corrected chi connectivity index (χ2v) is 5.40. The monoisotopic (exact) mass is 286 g/mol. The number of nitrogens with one attached hydrogen (secondary N) is 1. The summed E-state index contributed by atoms with van der Waals surface area (Å²) in [6.07, 6.45) is 3.57. The maximum atomic E-state index is 5.68. The predicted molar refractivity (Wildman–Crippen MR) is 84.9 cm³/mol. The second-order valence-electron chi connectivity index (χ2n) is 5.40. The molecule has 0 fully saturated rings. The van der Waals surface area contributed by atoms with Gasteiger partial charge >= 0.3 is 6.01 Å². The second kappa shape index (κ2) is 7.04. The first-order chi connectivity index (χ1) is 10.0. The van der Waals surface area contributed by atoms with Crippen molar-refractivity contribution in [2.45, 2.75) is 26.4 Å². The van der Waals surface area contributed by atoms with Crippen molar-refractivity contribution in [3.05, 3.63) is 42.2 Å². The molecule has 0 saturated carbocycles. The van der Waals surface area contributed by atoms with Crippen molar-refractivity contribution in [3.8, 4) is 11.8 Å². The van der Waals surface area contributed by atoms with E-state index >= 15 is 0 Å². The Hall–Kier alpha value is -2.14. The Bertz CT molecular complexity index is 567. The van der Waals surface area contributed by atoms with Gasteiger partial charge in [-0.15, -0.1) is 0 Å². The molecule has 2 aromatic rings. The van der Waals surface area contributed by atoms with Gasteiger partial charge in [0.05, 0.1) is 0 Å². The van der Waals surface area contributed by atoms with Gasteiger partial charge in [-0.1, -0.05) is 19.9 Å². The zero-order chi connectivity index (χ0) is 15.2. The lowest BCUT2D eigenvalue weighted by molar-refractivity contribution is 0.440. The molecule has 5 heteroatoms. The van der Waals surface area contributed by atoms with Gasteiger partial charge in [0.2, 0.25) is 0 Å². The summed E-state index contributed by atoms with van der Waals surface area (Å²) in [5.41, 5.74) is 2.11. The van der Waals surface area contributed by atoms with Crippen LogP contribution >= 0.6 is 0 Å². The molecular formula is C16H22N4O. The standard InChI is InChI=1S/C16H22N4O/c1-12(2)17-9-13-10-18-16(19-11-13)21-15-7-5-6-14(8-15)20(3)4/h5-8,10-12,17H,9H2,1-4H3. The molecule has 0 amide bonds. The molecule has 0 atom stereocenters. The molecule has 0 aliphatic heterocycles. The van der Waals surface area contributed by atoms with Crippen molar-refractivity contribution in [3.63, 3.8) is 0 Å². The zero-order valence-electron chi connectivity index (χ0n) is 13.0. The Morgan fingerprint density at radius 2 is 1.90 bits per heavy atom. The molecule has 0 radical (unpaired) electrons. The first-order valence-electron chi connectivity index (χ1n) is 7.04. The Morgan fingerprint density at radius 1 is 1.19 bits per heavy atom. The molecule has 1 N–H and O–H groups in total. The molecule has 1 heterocycles. The Kier molecular flexibility index (Phi) is 5.11. The van der Waals surface area contributed by atoms with Crippen LogP contribution in [-0.2, 0) is 6.54 Å². The summed E-state index contributed by atoms with van der Waals surface area (Å²) in [5, 5.41) is 3.32. The number of aromatic nitrogens is 2. The fraction of sp³-hybridized carbons (Fsp3) is 0.375. The number of hydrogen-bond acceptors (Lipinski definition) is 5. The number of anilines is 1. The Labute approximate surface area is 126 Å². The number of benzene rings is 1. The molecule has 0 aliphatic rings. The molecule has 1 aromatic heterocycles. The molecule has 0 saturated heterocycles. The summed E-state index contributed by atoms with van der Waals surface area (Å²) in [5.74, 6) is 0.731. The van der Waals surface area contributed by atoms with E-state index in [2.05, 4.69) is 29.1 Å². The lowest BCUT2D eigenvalue weighted by Crippen LogP contribution is -2.21. The van der Waals surface area contributed by atoms with Gasteiger partial charge in [0.1, 0.15) is 5.75 Å². The van der Waals surface area contributed by atoms with E-state index in [1.54, 1.807) is 12.4 Å². The van der Waals surface area contributed by atoms with Crippen LogP contribution in [0.1, 0.15) is 19.4 Å². The van der Waals surface area contributed by atoms with Gasteiger partial charge in [0.25, 0.3) is 0 Å². The maximum Gasteiger partial charge on any atom is 0.321 e. The smallest absolute Gasteiger partial charge is 0.321 e. The van der Waals surface area contributed by atoms with E-state index in [1.165, 1.54) is 0 Å². The van der Waals surface area contributed by atoms with E-state index in [0.29, 0.717) is 12.1 Å². The average molecular weight is 286 g/mol. The Balaban J connectivity index is 2.01. The molecule has 1 aromatic carbocycles. The van der Waals surface area contributed by atoms with Crippen LogP contribution in [0.4, 0.5) is 5.69 Å². The van der Waals surface area contributed by atoms with Gasteiger partial charge in [-0.3, -0.25) is 0 Å². The van der Waals surface area contributed by atoms with Gasteiger partial charge in [0, 0.05) is 56.4 Å². The summed E-state index contributed by atoms with van der Waals surface area (Å²) in [7, 11) is 3.98. The summed E-state index contributed by atoms with van der Waals surface area (Å²) < 4.78 is 5.68. The lowest BCUT2D eigenvalue weighted by atomic mass is 10.3. The molecule has 112 valence electrons. The third-order valence-electron chi connectivity index (χ3n) is 2.94. The molecular weight excluding hydrogens is 264 g/mol. The van der Waals surface area contributed by atoms with Gasteiger partial charge in [-0.2, -0.15) is 0 Å². The van der Waals surface area contributed by atoms with E-state index < -0.39 is 0 Å². The van der Waals surface area contributed by atoms with Crippen LogP contribution in [-0.4, -0.2) is 30.1 Å². The minimum atomic E-state index is 0.360. The minimum Gasteiger partial charge on any atom is -0.424 e. The fourth-order valence-corrected chi connectivity index (χ4v) is 1.74. The quantitative estimate of drug-likeness (QED) is 0.885.